The van der Waals surface area contributed by atoms with Crippen molar-refractivity contribution in [1.82, 2.24) is 20.5 Å². The molecule has 1 atom stereocenters. The van der Waals surface area contributed by atoms with Crippen molar-refractivity contribution in [2.24, 2.45) is 5.92 Å². The molecular formula is C19H18N4O2. The summed E-state index contributed by atoms with van der Waals surface area (Å²) in [6, 6.07) is 11.4. The van der Waals surface area contributed by atoms with Crippen LogP contribution in [0.2, 0.25) is 0 Å². The van der Waals surface area contributed by atoms with E-state index in [9.17, 15) is 9.90 Å². The Morgan fingerprint density at radius 3 is 2.76 bits per heavy atom. The van der Waals surface area contributed by atoms with Crippen LogP contribution in [-0.2, 0) is 0 Å². The van der Waals surface area contributed by atoms with E-state index < -0.39 is 0 Å². The van der Waals surface area contributed by atoms with Crippen molar-refractivity contribution >= 4 is 16.8 Å². The summed E-state index contributed by atoms with van der Waals surface area (Å²) in [7, 11) is 0. The Balaban J connectivity index is 1.64. The predicted octanol–water partition coefficient (Wildman–Crippen LogP) is 2.27. The largest absolute Gasteiger partial charge is 0.393 e. The van der Waals surface area contributed by atoms with Crippen LogP contribution in [0.5, 0.6) is 0 Å². The van der Waals surface area contributed by atoms with Crippen LogP contribution in [0.15, 0.2) is 55.0 Å². The third-order valence-corrected chi connectivity index (χ3v) is 4.72. The smallest absolute Gasteiger partial charge is 0.253 e. The number of aromatic nitrogens is 3. The molecule has 2 heterocycles. The lowest BCUT2D eigenvalue weighted by atomic mass is 9.75. The molecule has 0 aliphatic heterocycles. The fourth-order valence-electron chi connectivity index (χ4n) is 3.28. The van der Waals surface area contributed by atoms with Gasteiger partial charge in [-0.05, 0) is 42.5 Å². The Labute approximate surface area is 144 Å². The zero-order valence-electron chi connectivity index (χ0n) is 13.5. The number of aliphatic hydroxyl groups is 1. The first kappa shape index (κ1) is 15.7. The minimum Gasteiger partial charge on any atom is -0.393 e. The van der Waals surface area contributed by atoms with Gasteiger partial charge in [-0.2, -0.15) is 10.2 Å². The predicted molar refractivity (Wildman–Crippen MR) is 92.7 cm³/mol. The summed E-state index contributed by atoms with van der Waals surface area (Å²) in [5.41, 5.74) is 2.34. The summed E-state index contributed by atoms with van der Waals surface area (Å²) >= 11 is 0. The quantitative estimate of drug-likeness (QED) is 0.764. The average molecular weight is 334 g/mol. The third kappa shape index (κ3) is 3.21. The lowest BCUT2D eigenvalue weighted by Crippen LogP contribution is -2.41. The molecule has 1 aromatic carbocycles. The first-order valence-corrected chi connectivity index (χ1v) is 8.31. The molecule has 2 N–H and O–H groups in total. The summed E-state index contributed by atoms with van der Waals surface area (Å²) in [4.78, 5) is 17.1. The van der Waals surface area contributed by atoms with Crippen molar-refractivity contribution < 1.29 is 9.90 Å². The number of aliphatic hydroxyl groups excluding tert-OH is 1. The van der Waals surface area contributed by atoms with Crippen molar-refractivity contribution in [3.05, 3.63) is 66.1 Å². The van der Waals surface area contributed by atoms with E-state index in [0.29, 0.717) is 18.4 Å². The van der Waals surface area contributed by atoms with Gasteiger partial charge in [0.25, 0.3) is 5.91 Å². The molecule has 3 aromatic rings. The van der Waals surface area contributed by atoms with Crippen LogP contribution in [0.4, 0.5) is 0 Å². The first-order valence-electron chi connectivity index (χ1n) is 8.31. The molecule has 6 nitrogen and oxygen atoms in total. The van der Waals surface area contributed by atoms with Crippen LogP contribution in [0.3, 0.4) is 0 Å². The maximum Gasteiger partial charge on any atom is 0.253 e. The molecule has 1 amide bonds. The van der Waals surface area contributed by atoms with E-state index in [2.05, 4.69) is 26.6 Å². The van der Waals surface area contributed by atoms with Crippen molar-refractivity contribution in [2.45, 2.75) is 25.0 Å². The normalized spacial score (nSPS) is 20.7. The Hall–Kier alpha value is -2.86. The van der Waals surface area contributed by atoms with Crippen LogP contribution >= 0.6 is 0 Å². The van der Waals surface area contributed by atoms with Gasteiger partial charge in [0.2, 0.25) is 0 Å². The molecule has 6 heteroatoms. The van der Waals surface area contributed by atoms with E-state index in [4.69, 9.17) is 0 Å². The van der Waals surface area contributed by atoms with Crippen molar-refractivity contribution in [3.8, 4) is 0 Å². The molecule has 1 aliphatic carbocycles. The maximum atomic E-state index is 12.6. The molecule has 0 saturated heterocycles. The van der Waals surface area contributed by atoms with E-state index >= 15 is 0 Å². The third-order valence-electron chi connectivity index (χ3n) is 4.72. The topological polar surface area (TPSA) is 88.0 Å². The number of amides is 1. The summed E-state index contributed by atoms with van der Waals surface area (Å²) in [6.45, 7) is 0. The van der Waals surface area contributed by atoms with Crippen LogP contribution < -0.4 is 5.32 Å². The van der Waals surface area contributed by atoms with Crippen LogP contribution in [0.1, 0.15) is 34.8 Å². The fourth-order valence-corrected chi connectivity index (χ4v) is 3.28. The molecule has 1 fully saturated rings. The summed E-state index contributed by atoms with van der Waals surface area (Å²) < 4.78 is 0. The number of para-hydroxylation sites is 1. The molecular weight excluding hydrogens is 316 g/mol. The molecule has 25 heavy (non-hydrogen) atoms. The highest BCUT2D eigenvalue weighted by Crippen LogP contribution is 2.38. The highest BCUT2D eigenvalue weighted by atomic mass is 16.3. The summed E-state index contributed by atoms with van der Waals surface area (Å²) in [5.74, 6) is -0.00819. The van der Waals surface area contributed by atoms with Gasteiger partial charge in [-0.3, -0.25) is 9.78 Å². The minimum absolute atomic E-state index is 0.191. The number of carbonyl (C=O) groups is 1. The van der Waals surface area contributed by atoms with Gasteiger partial charge in [0.1, 0.15) is 0 Å². The molecule has 0 unspecified atom stereocenters. The number of hydrogen-bond donors (Lipinski definition) is 2. The second-order valence-electron chi connectivity index (χ2n) is 6.43. The van der Waals surface area contributed by atoms with Gasteiger partial charge in [0, 0.05) is 11.6 Å². The molecule has 1 saturated carbocycles. The van der Waals surface area contributed by atoms with Gasteiger partial charge in [0.15, 0.2) is 0 Å². The van der Waals surface area contributed by atoms with E-state index in [1.54, 1.807) is 6.07 Å². The maximum absolute atomic E-state index is 12.6. The monoisotopic (exact) mass is 334 g/mol. The number of pyridine rings is 1. The van der Waals surface area contributed by atoms with Crippen LogP contribution in [-0.4, -0.2) is 32.3 Å². The molecule has 4 rings (SSSR count). The number of nitrogens with zero attached hydrogens (tertiary/aromatic N) is 3. The summed E-state index contributed by atoms with van der Waals surface area (Å²) in [5, 5.41) is 21.3. The lowest BCUT2D eigenvalue weighted by Gasteiger charge is -2.38. The number of benzene rings is 1. The Morgan fingerprint density at radius 2 is 2.00 bits per heavy atom. The van der Waals surface area contributed by atoms with Gasteiger partial charge in [-0.1, -0.05) is 18.2 Å². The second kappa shape index (κ2) is 6.57. The SMILES string of the molecule is O=C(N[C@H](c1cnc2ccccc2c1)C1CC(O)C1)c1ccnnc1. The Bertz CT molecular complexity index is 894. The molecule has 0 bridgehead atoms. The van der Waals surface area contributed by atoms with E-state index in [1.165, 1.54) is 12.4 Å². The fraction of sp³-hybridized carbons (Fsp3) is 0.263. The van der Waals surface area contributed by atoms with Crippen molar-refractivity contribution in [3.63, 3.8) is 0 Å². The van der Waals surface area contributed by atoms with Gasteiger partial charge in [-0.15, -0.1) is 0 Å². The standard InChI is InChI=1S/C19H18N4O2/c24-16-8-14(9-16)18(23-19(25)13-5-6-21-22-11-13)15-7-12-3-1-2-4-17(12)20-10-15/h1-7,10-11,14,16,18,24H,8-9H2,(H,23,25)/t14?,16?,18-/m0/s1. The number of hydrogen-bond acceptors (Lipinski definition) is 5. The number of nitrogens with one attached hydrogen (secondary N) is 1. The van der Waals surface area contributed by atoms with Gasteiger partial charge in [-0.25, -0.2) is 0 Å². The molecule has 126 valence electrons. The van der Waals surface area contributed by atoms with Gasteiger partial charge < -0.3 is 10.4 Å². The van der Waals surface area contributed by atoms with Gasteiger partial charge in [0.05, 0.1) is 35.6 Å². The van der Waals surface area contributed by atoms with Gasteiger partial charge >= 0.3 is 0 Å². The Morgan fingerprint density at radius 1 is 1.16 bits per heavy atom. The zero-order chi connectivity index (χ0) is 17.2. The van der Waals surface area contributed by atoms with E-state index in [0.717, 1.165) is 16.5 Å². The van der Waals surface area contributed by atoms with Crippen LogP contribution in [0.25, 0.3) is 10.9 Å². The minimum atomic E-state index is -0.291. The number of fused-ring (bicyclic) bond motifs is 1. The Kier molecular flexibility index (Phi) is 4.11. The highest BCUT2D eigenvalue weighted by Gasteiger charge is 2.36. The summed E-state index contributed by atoms with van der Waals surface area (Å²) in [6.07, 6.45) is 5.80. The second-order valence-corrected chi connectivity index (χ2v) is 6.43. The molecule has 1 aliphatic rings. The number of rotatable bonds is 4. The average Bonchev–Trinajstić information content (AvgIpc) is 2.64. The van der Waals surface area contributed by atoms with E-state index in [-0.39, 0.29) is 24.0 Å². The first-order chi connectivity index (χ1) is 12.2. The molecule has 0 spiro atoms. The van der Waals surface area contributed by atoms with Crippen molar-refractivity contribution in [1.29, 1.82) is 0 Å². The lowest BCUT2D eigenvalue weighted by molar-refractivity contribution is 0.0235. The van der Waals surface area contributed by atoms with E-state index in [1.807, 2.05) is 30.5 Å². The van der Waals surface area contributed by atoms with Crippen molar-refractivity contribution in [2.75, 3.05) is 0 Å². The molecule has 0 radical (unpaired) electrons. The molecule has 2 aromatic heterocycles. The number of carbonyl (C=O) groups excluding carboxylic acids is 1. The highest BCUT2D eigenvalue weighted by molar-refractivity contribution is 5.94. The zero-order valence-corrected chi connectivity index (χ0v) is 13.5. The van der Waals surface area contributed by atoms with Crippen LogP contribution in [0, 0.1) is 5.92 Å².